The number of aromatic amines is 3. The monoisotopic (exact) mass is 677 g/mol. The van der Waals surface area contributed by atoms with Gasteiger partial charge in [-0.25, -0.2) is 19.6 Å². The van der Waals surface area contributed by atoms with Crippen molar-refractivity contribution in [3.8, 4) is 33.6 Å². The van der Waals surface area contributed by atoms with E-state index >= 15 is 0 Å². The highest BCUT2D eigenvalue weighted by Crippen LogP contribution is 2.38. The molecule has 2 saturated heterocycles. The predicted octanol–water partition coefficient (Wildman–Crippen LogP) is 9.07. The minimum atomic E-state index is -0.553. The van der Waals surface area contributed by atoms with Crippen LogP contribution in [0.5, 0.6) is 0 Å². The topological polar surface area (TPSA) is 132 Å². The second kappa shape index (κ2) is 12.7. The van der Waals surface area contributed by atoms with Crippen molar-refractivity contribution in [3.05, 3.63) is 72.2 Å². The Morgan fingerprint density at radius 3 is 1.76 bits per heavy atom. The number of carbonyl (C=O) groups excluding carboxylic acids is 2. The number of fused-ring (bicyclic) bond motifs is 1. The van der Waals surface area contributed by atoms with Gasteiger partial charge in [0.15, 0.2) is 0 Å². The molecular formula is C39H47N7O4. The van der Waals surface area contributed by atoms with Crippen LogP contribution < -0.4 is 0 Å². The lowest BCUT2D eigenvalue weighted by Crippen LogP contribution is -2.36. The summed E-state index contributed by atoms with van der Waals surface area (Å²) in [5.74, 6) is 1.55. The number of aromatic nitrogens is 5. The minimum absolute atomic E-state index is 0.130. The molecule has 5 aromatic rings. The molecule has 0 saturated carbocycles. The fourth-order valence-electron chi connectivity index (χ4n) is 7.14. The molecule has 11 nitrogen and oxygen atoms in total. The molecule has 0 spiro atoms. The number of hydrogen-bond donors (Lipinski definition) is 3. The quantitative estimate of drug-likeness (QED) is 0.170. The lowest BCUT2D eigenvalue weighted by molar-refractivity contribution is 0.0208. The standard InChI is InChI=1S/C39H47N7O4/c1-23-20-28-26(16-17-27(33(28)42-23)30-22-41-35(44-30)32-11-9-19-46(32)37(48)50-39(5,6)7)24-12-14-25(15-13-24)29-21-40-34(43-29)31-10-8-18-45(31)36(47)49-38(2,3)4/h12-17,20-22,31-32,42H,8-11,18-19H2,1-7H3,(H,40,43)(H,41,44). The zero-order valence-electron chi connectivity index (χ0n) is 30.0. The number of imidazole rings is 2. The van der Waals surface area contributed by atoms with Crippen molar-refractivity contribution in [3.63, 3.8) is 0 Å². The van der Waals surface area contributed by atoms with Gasteiger partial charge in [-0.15, -0.1) is 0 Å². The maximum atomic E-state index is 12.9. The van der Waals surface area contributed by atoms with Crippen LogP contribution in [0.3, 0.4) is 0 Å². The van der Waals surface area contributed by atoms with E-state index in [4.69, 9.17) is 14.5 Å². The lowest BCUT2D eigenvalue weighted by Gasteiger charge is -2.27. The van der Waals surface area contributed by atoms with Crippen LogP contribution in [-0.2, 0) is 9.47 Å². The van der Waals surface area contributed by atoms with Crippen molar-refractivity contribution in [1.82, 2.24) is 34.7 Å². The first kappa shape index (κ1) is 33.4. The SMILES string of the molecule is Cc1cc2c(-c3ccc(-c4cnc(C5CCCN5C(=O)OC(C)(C)C)[nH]4)cc3)ccc(-c3cnc(C4CCCN4C(=O)OC(C)(C)C)[nH]3)c2[nH]1. The maximum Gasteiger partial charge on any atom is 0.410 e. The van der Waals surface area contributed by atoms with Gasteiger partial charge in [0, 0.05) is 29.7 Å². The van der Waals surface area contributed by atoms with Crippen molar-refractivity contribution < 1.29 is 19.1 Å². The Morgan fingerprint density at radius 1 is 0.700 bits per heavy atom. The predicted molar refractivity (Wildman–Crippen MR) is 193 cm³/mol. The summed E-state index contributed by atoms with van der Waals surface area (Å²) in [5.41, 5.74) is 7.05. The van der Waals surface area contributed by atoms with Gasteiger partial charge >= 0.3 is 12.2 Å². The van der Waals surface area contributed by atoms with E-state index in [0.29, 0.717) is 13.1 Å². The Labute approximate surface area is 292 Å². The van der Waals surface area contributed by atoms with Gasteiger partial charge in [0.25, 0.3) is 0 Å². The third kappa shape index (κ3) is 6.73. The summed E-state index contributed by atoms with van der Waals surface area (Å²) in [6, 6.07) is 14.7. The Bertz CT molecular complexity index is 2030. The Balaban J connectivity index is 1.11. The van der Waals surface area contributed by atoms with Gasteiger partial charge in [-0.05, 0) is 96.9 Å². The third-order valence-corrected chi connectivity index (χ3v) is 9.31. The van der Waals surface area contributed by atoms with E-state index in [9.17, 15) is 9.59 Å². The molecular weight excluding hydrogens is 630 g/mol. The first-order chi connectivity index (χ1) is 23.7. The molecule has 2 aliphatic rings. The summed E-state index contributed by atoms with van der Waals surface area (Å²) < 4.78 is 11.3. The summed E-state index contributed by atoms with van der Waals surface area (Å²) in [4.78, 5) is 49.3. The third-order valence-electron chi connectivity index (χ3n) is 9.31. The average Bonchev–Trinajstić information content (AvgIpc) is 3.87. The van der Waals surface area contributed by atoms with Crippen LogP contribution in [0.4, 0.5) is 9.59 Å². The van der Waals surface area contributed by atoms with Gasteiger partial charge in [-0.2, -0.15) is 0 Å². The maximum absolute atomic E-state index is 12.9. The van der Waals surface area contributed by atoms with Crippen LogP contribution in [-0.4, -0.2) is 71.2 Å². The van der Waals surface area contributed by atoms with Crippen molar-refractivity contribution >= 4 is 23.1 Å². The first-order valence-corrected chi connectivity index (χ1v) is 17.6. The highest BCUT2D eigenvalue weighted by Gasteiger charge is 2.36. The molecule has 3 N–H and O–H groups in total. The molecule has 5 heterocycles. The van der Waals surface area contributed by atoms with Gasteiger partial charge in [-0.1, -0.05) is 36.4 Å². The molecule has 3 aromatic heterocycles. The van der Waals surface area contributed by atoms with Gasteiger partial charge in [0.05, 0.1) is 41.4 Å². The average molecular weight is 678 g/mol. The molecule has 2 fully saturated rings. The molecule has 2 amide bonds. The number of benzene rings is 2. The Kier molecular flexibility index (Phi) is 8.48. The van der Waals surface area contributed by atoms with Crippen LogP contribution in [0, 0.1) is 6.92 Å². The van der Waals surface area contributed by atoms with Crippen molar-refractivity contribution in [2.45, 2.75) is 97.4 Å². The molecule has 2 unspecified atom stereocenters. The number of aryl methyl sites for hydroxylation is 1. The van der Waals surface area contributed by atoms with Gasteiger partial charge in [0.1, 0.15) is 22.9 Å². The smallest absolute Gasteiger partial charge is 0.410 e. The minimum Gasteiger partial charge on any atom is -0.444 e. The van der Waals surface area contributed by atoms with E-state index in [1.807, 2.05) is 53.9 Å². The van der Waals surface area contributed by atoms with Crippen LogP contribution in [0.1, 0.15) is 96.7 Å². The molecule has 0 bridgehead atoms. The number of nitrogens with zero attached hydrogens (tertiary/aromatic N) is 4. The second-order valence-corrected chi connectivity index (χ2v) is 15.5. The van der Waals surface area contributed by atoms with E-state index in [-0.39, 0.29) is 24.3 Å². The van der Waals surface area contributed by atoms with E-state index in [2.05, 4.69) is 69.3 Å². The fourth-order valence-corrected chi connectivity index (χ4v) is 7.14. The first-order valence-electron chi connectivity index (χ1n) is 17.6. The largest absolute Gasteiger partial charge is 0.444 e. The summed E-state index contributed by atoms with van der Waals surface area (Å²) in [5, 5.41) is 1.12. The summed E-state index contributed by atoms with van der Waals surface area (Å²) in [7, 11) is 0. The number of hydrogen-bond acceptors (Lipinski definition) is 6. The molecule has 11 heteroatoms. The fraction of sp³-hybridized carbons (Fsp3) is 0.436. The molecule has 262 valence electrons. The zero-order valence-corrected chi connectivity index (χ0v) is 30.0. The van der Waals surface area contributed by atoms with Crippen LogP contribution in [0.25, 0.3) is 44.5 Å². The van der Waals surface area contributed by atoms with Crippen LogP contribution in [0.15, 0.2) is 54.9 Å². The van der Waals surface area contributed by atoms with Crippen molar-refractivity contribution in [2.24, 2.45) is 0 Å². The van der Waals surface area contributed by atoms with Crippen molar-refractivity contribution in [1.29, 1.82) is 0 Å². The Morgan fingerprint density at radius 2 is 1.20 bits per heavy atom. The summed E-state index contributed by atoms with van der Waals surface area (Å²) in [6.07, 6.45) is 6.60. The van der Waals surface area contributed by atoms with E-state index < -0.39 is 11.2 Å². The molecule has 2 atom stereocenters. The van der Waals surface area contributed by atoms with E-state index in [0.717, 1.165) is 87.6 Å². The lowest BCUT2D eigenvalue weighted by atomic mass is 9.97. The van der Waals surface area contributed by atoms with E-state index in [1.165, 1.54) is 0 Å². The van der Waals surface area contributed by atoms with Gasteiger partial charge in [0.2, 0.25) is 0 Å². The molecule has 50 heavy (non-hydrogen) atoms. The summed E-state index contributed by atoms with van der Waals surface area (Å²) >= 11 is 0. The second-order valence-electron chi connectivity index (χ2n) is 15.5. The highest BCUT2D eigenvalue weighted by atomic mass is 16.6. The van der Waals surface area contributed by atoms with Gasteiger partial charge in [-0.3, -0.25) is 9.80 Å². The number of amides is 2. The van der Waals surface area contributed by atoms with Crippen LogP contribution >= 0.6 is 0 Å². The number of carbonyl (C=O) groups is 2. The molecule has 0 radical (unpaired) electrons. The molecule has 2 aliphatic heterocycles. The molecule has 2 aromatic carbocycles. The summed E-state index contributed by atoms with van der Waals surface area (Å²) in [6.45, 7) is 14.7. The molecule has 7 rings (SSSR count). The number of likely N-dealkylation sites (tertiary alicyclic amines) is 2. The number of nitrogens with one attached hydrogen (secondary N) is 3. The molecule has 0 aliphatic carbocycles. The van der Waals surface area contributed by atoms with Crippen LogP contribution in [0.2, 0.25) is 0 Å². The van der Waals surface area contributed by atoms with Gasteiger partial charge < -0.3 is 24.4 Å². The van der Waals surface area contributed by atoms with Crippen molar-refractivity contribution in [2.75, 3.05) is 13.1 Å². The number of H-pyrrole nitrogens is 3. The zero-order chi connectivity index (χ0) is 35.4. The number of rotatable bonds is 5. The number of ether oxygens (including phenoxy) is 2. The normalized spacial score (nSPS) is 18.3. The highest BCUT2D eigenvalue weighted by molar-refractivity contribution is 6.03. The Hall–Kier alpha value is -5.06. The van der Waals surface area contributed by atoms with E-state index in [1.54, 1.807) is 9.80 Å².